The largest absolute Gasteiger partial charge is 0.550 e. The minimum absolute atomic E-state index is 0.0255. The van der Waals surface area contributed by atoms with Crippen LogP contribution in [0, 0.1) is 0 Å². The van der Waals surface area contributed by atoms with Crippen molar-refractivity contribution in [2.75, 3.05) is 19.8 Å². The highest BCUT2D eigenvalue weighted by Gasteiger charge is 2.24. The minimum atomic E-state index is -1.08. The summed E-state index contributed by atoms with van der Waals surface area (Å²) in [5.74, 6) is -1.08. The van der Waals surface area contributed by atoms with Crippen LogP contribution < -0.4 is 15.7 Å². The van der Waals surface area contributed by atoms with E-state index in [2.05, 4.69) is 10.2 Å². The van der Waals surface area contributed by atoms with E-state index in [-0.39, 0.29) is 6.29 Å². The highest BCUT2D eigenvalue weighted by atomic mass is 16.4. The molecule has 20 heavy (non-hydrogen) atoms. The summed E-state index contributed by atoms with van der Waals surface area (Å²) >= 11 is 0. The monoisotopic (exact) mass is 277 g/mol. The molecule has 1 aromatic carbocycles. The summed E-state index contributed by atoms with van der Waals surface area (Å²) in [5, 5.41) is 17.4. The van der Waals surface area contributed by atoms with Gasteiger partial charge >= 0.3 is 0 Å². The van der Waals surface area contributed by atoms with Gasteiger partial charge in [0.25, 0.3) is 6.29 Å². The molecule has 0 aromatic heterocycles. The Morgan fingerprint density at radius 2 is 1.95 bits per heavy atom. The first kappa shape index (κ1) is 15.6. The van der Waals surface area contributed by atoms with E-state index >= 15 is 0 Å². The molecule has 1 aliphatic heterocycles. The van der Waals surface area contributed by atoms with Gasteiger partial charge in [0.05, 0.1) is 18.9 Å². The molecule has 3 N–H and O–H groups in total. The SMILES string of the molecule is CC(=O)[O-].CN1C=C[NH+](C)C1N=Nc1ccc(N)cc1. The van der Waals surface area contributed by atoms with E-state index in [1.807, 2.05) is 55.7 Å². The number of benzene rings is 1. The smallest absolute Gasteiger partial charge is 0.284 e. The number of nitrogen functional groups attached to an aromatic ring is 1. The summed E-state index contributed by atoms with van der Waals surface area (Å²) in [6, 6.07) is 7.36. The summed E-state index contributed by atoms with van der Waals surface area (Å²) in [4.78, 5) is 12.1. The van der Waals surface area contributed by atoms with Gasteiger partial charge in [-0.05, 0) is 31.2 Å². The van der Waals surface area contributed by atoms with Crippen molar-refractivity contribution in [3.63, 3.8) is 0 Å². The molecule has 1 aromatic rings. The van der Waals surface area contributed by atoms with Crippen LogP contribution in [0.3, 0.4) is 0 Å². The third-order valence-corrected chi connectivity index (χ3v) is 2.54. The van der Waals surface area contributed by atoms with Crippen LogP contribution in [0.4, 0.5) is 11.4 Å². The molecule has 7 heteroatoms. The first-order chi connectivity index (χ1) is 9.40. The van der Waals surface area contributed by atoms with E-state index in [1.54, 1.807) is 0 Å². The summed E-state index contributed by atoms with van der Waals surface area (Å²) in [6.45, 7) is 0.972. The van der Waals surface area contributed by atoms with Crippen LogP contribution in [0.2, 0.25) is 0 Å². The lowest BCUT2D eigenvalue weighted by Gasteiger charge is -2.16. The second-order valence-electron chi connectivity index (χ2n) is 4.40. The van der Waals surface area contributed by atoms with Crippen molar-refractivity contribution in [2.45, 2.75) is 13.2 Å². The van der Waals surface area contributed by atoms with Crippen molar-refractivity contribution >= 4 is 17.3 Å². The second kappa shape index (κ2) is 7.25. The molecule has 2 rings (SSSR count). The number of carbonyl (C=O) groups is 1. The Morgan fingerprint density at radius 1 is 1.40 bits per heavy atom. The number of nitrogens with zero attached hydrogens (tertiary/aromatic N) is 3. The molecule has 1 heterocycles. The van der Waals surface area contributed by atoms with Crippen LogP contribution >= 0.6 is 0 Å². The molecule has 0 bridgehead atoms. The van der Waals surface area contributed by atoms with Crippen molar-refractivity contribution in [3.05, 3.63) is 36.7 Å². The van der Waals surface area contributed by atoms with E-state index in [9.17, 15) is 0 Å². The Labute approximate surface area is 118 Å². The van der Waals surface area contributed by atoms with Gasteiger partial charge in [-0.25, -0.2) is 0 Å². The lowest BCUT2D eigenvalue weighted by atomic mass is 10.3. The number of rotatable bonds is 2. The highest BCUT2D eigenvalue weighted by Crippen LogP contribution is 2.15. The maximum atomic E-state index is 8.89. The van der Waals surface area contributed by atoms with Gasteiger partial charge in [-0.3, -0.25) is 4.90 Å². The first-order valence-electron chi connectivity index (χ1n) is 6.07. The Kier molecular flexibility index (Phi) is 5.67. The van der Waals surface area contributed by atoms with Crippen molar-refractivity contribution < 1.29 is 14.8 Å². The van der Waals surface area contributed by atoms with Crippen molar-refractivity contribution in [1.29, 1.82) is 0 Å². The van der Waals surface area contributed by atoms with Crippen LogP contribution in [0.1, 0.15) is 6.92 Å². The lowest BCUT2D eigenvalue weighted by Crippen LogP contribution is -3.08. The number of nitrogens with two attached hydrogens (primary N) is 1. The molecule has 2 unspecified atom stereocenters. The van der Waals surface area contributed by atoms with Gasteiger partial charge in [-0.15, -0.1) is 10.2 Å². The average Bonchev–Trinajstić information content (AvgIpc) is 2.68. The molecule has 2 atom stereocenters. The minimum Gasteiger partial charge on any atom is -0.550 e. The van der Waals surface area contributed by atoms with Crippen molar-refractivity contribution in [2.24, 2.45) is 10.2 Å². The number of aliphatic carboxylic acids is 1. The van der Waals surface area contributed by atoms with Gasteiger partial charge in [0, 0.05) is 18.7 Å². The third kappa shape index (κ3) is 5.07. The number of hydrogen-bond donors (Lipinski definition) is 2. The maximum Gasteiger partial charge on any atom is 0.284 e. The van der Waals surface area contributed by atoms with Gasteiger partial charge < -0.3 is 20.5 Å². The molecule has 0 spiro atoms. The summed E-state index contributed by atoms with van der Waals surface area (Å²) < 4.78 is 0. The van der Waals surface area contributed by atoms with E-state index in [1.165, 1.54) is 4.90 Å². The standard InChI is InChI=1S/C11H15N5.C2H4O2/c1-15-7-8-16(2)11(15)14-13-10-5-3-9(12)4-6-10;1-2(3)4/h3-8,11H,12H2,1-2H3;1H3,(H,3,4). The van der Waals surface area contributed by atoms with Gasteiger partial charge in [0.2, 0.25) is 0 Å². The quantitative estimate of drug-likeness (QED) is 0.553. The molecule has 0 radical (unpaired) electrons. The first-order valence-corrected chi connectivity index (χ1v) is 6.07. The van der Waals surface area contributed by atoms with Crippen LogP contribution in [0.15, 0.2) is 46.9 Å². The van der Waals surface area contributed by atoms with E-state index in [4.69, 9.17) is 15.6 Å². The normalized spacial score (nSPS) is 20.9. The predicted octanol–water partition coefficient (Wildman–Crippen LogP) is -0.676. The molecule has 0 amide bonds. The fraction of sp³-hybridized carbons (Fsp3) is 0.308. The second-order valence-corrected chi connectivity index (χ2v) is 4.40. The molecule has 0 aliphatic carbocycles. The Balaban J connectivity index is 0.000000444. The summed E-state index contributed by atoms with van der Waals surface area (Å²) in [7, 11) is 4.03. The number of carboxylic acid groups (broad SMARTS) is 1. The Bertz CT molecular complexity index is 482. The van der Waals surface area contributed by atoms with Crippen molar-refractivity contribution in [3.8, 4) is 0 Å². The van der Waals surface area contributed by atoms with E-state index in [0.717, 1.165) is 18.3 Å². The zero-order valence-corrected chi connectivity index (χ0v) is 11.8. The van der Waals surface area contributed by atoms with Crippen LogP contribution in [-0.4, -0.2) is 31.3 Å². The highest BCUT2D eigenvalue weighted by molar-refractivity contribution is 5.60. The molecule has 0 fully saturated rings. The molecule has 0 saturated heterocycles. The fourth-order valence-electron chi connectivity index (χ4n) is 1.56. The van der Waals surface area contributed by atoms with Gasteiger partial charge in [0.1, 0.15) is 6.20 Å². The van der Waals surface area contributed by atoms with Gasteiger partial charge in [-0.1, -0.05) is 0 Å². The van der Waals surface area contributed by atoms with E-state index < -0.39 is 5.97 Å². The van der Waals surface area contributed by atoms with Crippen LogP contribution in [-0.2, 0) is 4.79 Å². The maximum absolute atomic E-state index is 8.89. The predicted molar refractivity (Wildman–Crippen MR) is 73.6 cm³/mol. The number of azo groups is 1. The van der Waals surface area contributed by atoms with E-state index in [0.29, 0.717) is 0 Å². The molecular weight excluding hydrogens is 258 g/mol. The number of anilines is 1. The van der Waals surface area contributed by atoms with Crippen LogP contribution in [0.25, 0.3) is 0 Å². The number of hydrogen-bond acceptors (Lipinski definition) is 6. The summed E-state index contributed by atoms with van der Waals surface area (Å²) in [6.07, 6.45) is 4.08. The molecular formula is C13H19N5O2. The number of carbonyl (C=O) groups excluding carboxylic acids is 1. The molecule has 108 valence electrons. The molecule has 7 nitrogen and oxygen atoms in total. The molecule has 0 saturated carbocycles. The zero-order chi connectivity index (χ0) is 15.1. The Hall–Kier alpha value is -2.41. The van der Waals surface area contributed by atoms with Gasteiger partial charge in [-0.2, -0.15) is 0 Å². The van der Waals surface area contributed by atoms with Crippen LogP contribution in [0.5, 0.6) is 0 Å². The lowest BCUT2D eigenvalue weighted by molar-refractivity contribution is -0.856. The zero-order valence-electron chi connectivity index (χ0n) is 11.8. The summed E-state index contributed by atoms with van der Waals surface area (Å²) in [5.41, 5.74) is 7.15. The van der Waals surface area contributed by atoms with Gasteiger partial charge in [0.15, 0.2) is 0 Å². The Morgan fingerprint density at radius 3 is 2.40 bits per heavy atom. The van der Waals surface area contributed by atoms with Crippen molar-refractivity contribution in [1.82, 2.24) is 4.90 Å². The average molecular weight is 277 g/mol. The molecule has 1 aliphatic rings. The number of quaternary nitrogens is 1. The fourth-order valence-corrected chi connectivity index (χ4v) is 1.56. The number of nitrogens with one attached hydrogen (secondary N) is 1. The third-order valence-electron chi connectivity index (χ3n) is 2.54. The topological polar surface area (TPSA) is 98.5 Å². The number of carboxylic acids is 1.